The lowest BCUT2D eigenvalue weighted by atomic mass is 9.90. The van der Waals surface area contributed by atoms with Crippen molar-refractivity contribution in [2.45, 2.75) is 51.6 Å². The number of amides is 1. The largest absolute Gasteiger partial charge is 0.341 e. The molecule has 2 aliphatic heterocycles. The Labute approximate surface area is 134 Å². The average molecular weight is 331 g/mol. The van der Waals surface area contributed by atoms with E-state index in [-0.39, 0.29) is 23.9 Å². The fourth-order valence-corrected chi connectivity index (χ4v) is 4.44. The fraction of sp³-hybridized carbons (Fsp3) is 0.933. The third kappa shape index (κ3) is 4.20. The molecule has 0 spiro atoms. The summed E-state index contributed by atoms with van der Waals surface area (Å²) in [5, 5.41) is 3.46. The summed E-state index contributed by atoms with van der Waals surface area (Å²) >= 11 is 0. The highest BCUT2D eigenvalue weighted by Gasteiger charge is 2.34. The van der Waals surface area contributed by atoms with Gasteiger partial charge in [-0.25, -0.2) is 12.7 Å². The predicted octanol–water partition coefficient (Wildman–Crippen LogP) is 0.647. The second-order valence-electron chi connectivity index (χ2n) is 6.61. The molecule has 0 aliphatic carbocycles. The molecule has 0 aromatic carbocycles. The van der Waals surface area contributed by atoms with Crippen molar-refractivity contribution in [2.24, 2.45) is 5.92 Å². The molecule has 128 valence electrons. The minimum atomic E-state index is -3.12. The first-order chi connectivity index (χ1) is 10.3. The van der Waals surface area contributed by atoms with Crippen LogP contribution in [0, 0.1) is 5.92 Å². The summed E-state index contributed by atoms with van der Waals surface area (Å²) in [5.74, 6) is 0.440. The van der Waals surface area contributed by atoms with Crippen molar-refractivity contribution in [2.75, 3.05) is 32.4 Å². The minimum absolute atomic E-state index is 0.179. The monoisotopic (exact) mass is 331 g/mol. The molecule has 2 rings (SSSR count). The van der Waals surface area contributed by atoms with E-state index in [1.807, 2.05) is 11.8 Å². The lowest BCUT2D eigenvalue weighted by Crippen LogP contribution is -2.55. The topological polar surface area (TPSA) is 69.7 Å². The number of hydrogen-bond acceptors (Lipinski definition) is 4. The lowest BCUT2D eigenvalue weighted by molar-refractivity contribution is -0.132. The molecule has 22 heavy (non-hydrogen) atoms. The zero-order valence-electron chi connectivity index (χ0n) is 13.9. The Bertz CT molecular complexity index is 488. The number of nitrogens with zero attached hydrogens (tertiary/aromatic N) is 2. The van der Waals surface area contributed by atoms with Gasteiger partial charge in [0.15, 0.2) is 0 Å². The van der Waals surface area contributed by atoms with Crippen LogP contribution in [0.3, 0.4) is 0 Å². The molecule has 3 atom stereocenters. The van der Waals surface area contributed by atoms with Gasteiger partial charge in [0.2, 0.25) is 15.9 Å². The van der Waals surface area contributed by atoms with E-state index in [2.05, 4.69) is 12.2 Å². The molecule has 2 saturated heterocycles. The van der Waals surface area contributed by atoms with Gasteiger partial charge in [-0.2, -0.15) is 0 Å². The molecule has 0 unspecified atom stereocenters. The quantitative estimate of drug-likeness (QED) is 0.803. The number of rotatable bonds is 5. The molecule has 1 amide bonds. The first kappa shape index (κ1) is 17.7. The van der Waals surface area contributed by atoms with Crippen LogP contribution in [0.2, 0.25) is 0 Å². The Balaban J connectivity index is 1.93. The van der Waals surface area contributed by atoms with Crippen molar-refractivity contribution in [3.63, 3.8) is 0 Å². The van der Waals surface area contributed by atoms with Crippen molar-refractivity contribution in [1.82, 2.24) is 14.5 Å². The van der Waals surface area contributed by atoms with E-state index < -0.39 is 10.0 Å². The van der Waals surface area contributed by atoms with Crippen LogP contribution in [0.15, 0.2) is 0 Å². The summed E-state index contributed by atoms with van der Waals surface area (Å²) in [6.45, 7) is 6.84. The van der Waals surface area contributed by atoms with Crippen LogP contribution in [-0.2, 0) is 14.8 Å². The van der Waals surface area contributed by atoms with Gasteiger partial charge in [0.05, 0.1) is 12.3 Å². The maximum atomic E-state index is 12.4. The number of likely N-dealkylation sites (tertiary alicyclic amines) is 1. The van der Waals surface area contributed by atoms with Crippen molar-refractivity contribution in [3.05, 3.63) is 0 Å². The summed E-state index contributed by atoms with van der Waals surface area (Å²) in [4.78, 5) is 14.3. The van der Waals surface area contributed by atoms with E-state index in [1.165, 1.54) is 6.26 Å². The molecule has 2 heterocycles. The van der Waals surface area contributed by atoms with E-state index in [1.54, 1.807) is 4.31 Å². The van der Waals surface area contributed by atoms with E-state index in [4.69, 9.17) is 0 Å². The molecule has 0 saturated carbocycles. The molecule has 7 heteroatoms. The summed E-state index contributed by atoms with van der Waals surface area (Å²) in [6.07, 6.45) is 5.15. The molecular weight excluding hydrogens is 302 g/mol. The number of carbonyl (C=O) groups is 1. The first-order valence-corrected chi connectivity index (χ1v) is 10.2. The zero-order chi connectivity index (χ0) is 16.3. The molecule has 1 N–H and O–H groups in total. The van der Waals surface area contributed by atoms with Gasteiger partial charge < -0.3 is 10.2 Å². The molecule has 0 radical (unpaired) electrons. The highest BCUT2D eigenvalue weighted by Crippen LogP contribution is 2.23. The smallest absolute Gasteiger partial charge is 0.239 e. The van der Waals surface area contributed by atoms with E-state index >= 15 is 0 Å². The van der Waals surface area contributed by atoms with E-state index in [0.717, 1.165) is 38.8 Å². The zero-order valence-corrected chi connectivity index (χ0v) is 14.7. The molecule has 0 aromatic heterocycles. The second-order valence-corrected chi connectivity index (χ2v) is 8.59. The lowest BCUT2D eigenvalue weighted by Gasteiger charge is -2.39. The number of nitrogens with one attached hydrogen (secondary N) is 1. The molecule has 0 bridgehead atoms. The Morgan fingerprint density at radius 1 is 1.27 bits per heavy atom. The van der Waals surface area contributed by atoms with Gasteiger partial charge in [-0.05, 0) is 32.1 Å². The maximum absolute atomic E-state index is 12.4. The Kier molecular flexibility index (Phi) is 5.85. The standard InChI is InChI=1S/C15H29N3O3S/c1-4-13-11-18(22(3,20)21)10-7-14(13)16-12(2)15(19)17-8-5-6-9-17/h12-14,16H,4-11H2,1-3H3/t12-,13-,14+/m1/s1. The predicted molar refractivity (Wildman–Crippen MR) is 87.0 cm³/mol. The van der Waals surface area contributed by atoms with Crippen molar-refractivity contribution >= 4 is 15.9 Å². The van der Waals surface area contributed by atoms with Crippen LogP contribution in [-0.4, -0.2) is 68.0 Å². The number of carbonyl (C=O) groups excluding carboxylic acids is 1. The van der Waals surface area contributed by atoms with E-state index in [9.17, 15) is 13.2 Å². The molecule has 0 aromatic rings. The Morgan fingerprint density at radius 3 is 2.45 bits per heavy atom. The third-order valence-corrected chi connectivity index (χ3v) is 6.21. The van der Waals surface area contributed by atoms with Gasteiger partial charge in [0.25, 0.3) is 0 Å². The fourth-order valence-electron chi connectivity index (χ4n) is 3.54. The van der Waals surface area contributed by atoms with Crippen LogP contribution in [0.4, 0.5) is 0 Å². The molecular formula is C15H29N3O3S. The van der Waals surface area contributed by atoms with Gasteiger partial charge in [0.1, 0.15) is 0 Å². The molecule has 6 nitrogen and oxygen atoms in total. The summed E-state index contributed by atoms with van der Waals surface area (Å²) in [5.41, 5.74) is 0. The van der Waals surface area contributed by atoms with E-state index in [0.29, 0.717) is 13.1 Å². The number of hydrogen-bond donors (Lipinski definition) is 1. The normalized spacial score (nSPS) is 28.8. The number of sulfonamides is 1. The first-order valence-electron chi connectivity index (χ1n) is 8.33. The minimum Gasteiger partial charge on any atom is -0.341 e. The van der Waals surface area contributed by atoms with Crippen LogP contribution >= 0.6 is 0 Å². The van der Waals surface area contributed by atoms with Gasteiger partial charge in [-0.15, -0.1) is 0 Å². The molecule has 2 fully saturated rings. The third-order valence-electron chi connectivity index (χ3n) is 4.94. The summed E-state index contributed by atoms with van der Waals surface area (Å²) < 4.78 is 25.0. The summed E-state index contributed by atoms with van der Waals surface area (Å²) in [6, 6.07) is 0.0199. The van der Waals surface area contributed by atoms with Crippen molar-refractivity contribution in [1.29, 1.82) is 0 Å². The van der Waals surface area contributed by atoms with Crippen molar-refractivity contribution < 1.29 is 13.2 Å². The summed E-state index contributed by atoms with van der Waals surface area (Å²) in [7, 11) is -3.12. The van der Waals surface area contributed by atoms with Crippen LogP contribution in [0.5, 0.6) is 0 Å². The van der Waals surface area contributed by atoms with Gasteiger partial charge in [0, 0.05) is 32.2 Å². The van der Waals surface area contributed by atoms with Crippen LogP contribution in [0.1, 0.15) is 39.5 Å². The Hall–Kier alpha value is -0.660. The highest BCUT2D eigenvalue weighted by molar-refractivity contribution is 7.88. The van der Waals surface area contributed by atoms with Crippen molar-refractivity contribution in [3.8, 4) is 0 Å². The Morgan fingerprint density at radius 2 is 1.91 bits per heavy atom. The van der Waals surface area contributed by atoms with Crippen LogP contribution < -0.4 is 5.32 Å². The van der Waals surface area contributed by atoms with Crippen LogP contribution in [0.25, 0.3) is 0 Å². The van der Waals surface area contributed by atoms with Gasteiger partial charge in [-0.1, -0.05) is 13.3 Å². The number of piperidine rings is 1. The van der Waals surface area contributed by atoms with Gasteiger partial charge >= 0.3 is 0 Å². The van der Waals surface area contributed by atoms with Gasteiger partial charge in [-0.3, -0.25) is 4.79 Å². The maximum Gasteiger partial charge on any atom is 0.239 e. The average Bonchev–Trinajstić information content (AvgIpc) is 2.99. The molecule has 2 aliphatic rings. The highest BCUT2D eigenvalue weighted by atomic mass is 32.2. The SMILES string of the molecule is CC[C@@H]1CN(S(C)(=O)=O)CC[C@@H]1N[C@H](C)C(=O)N1CCCC1. The second kappa shape index (κ2) is 7.27.